The molecule has 1 fully saturated rings. The monoisotopic (exact) mass is 431 g/mol. The van der Waals surface area contributed by atoms with E-state index in [0.29, 0.717) is 13.0 Å². The molecule has 6 nitrogen and oxygen atoms in total. The van der Waals surface area contributed by atoms with Gasteiger partial charge in [0.05, 0.1) is 0 Å². The first-order valence-electron chi connectivity index (χ1n) is 11.6. The zero-order chi connectivity index (χ0) is 22.2. The number of nitrogens with one attached hydrogen (secondary N) is 3. The number of likely N-dealkylation sites (tertiary alicyclic amines) is 1. The number of para-hydroxylation sites is 1. The molecule has 1 atom stereocenters. The van der Waals surface area contributed by atoms with E-state index >= 15 is 0 Å². The molecule has 0 saturated carbocycles. The zero-order valence-corrected chi connectivity index (χ0v) is 18.8. The molecule has 3 N–H and O–H groups in total. The van der Waals surface area contributed by atoms with Crippen molar-refractivity contribution in [2.75, 3.05) is 32.7 Å². The van der Waals surface area contributed by atoms with Gasteiger partial charge in [0.1, 0.15) is 0 Å². The largest absolute Gasteiger partial charge is 0.358 e. The maximum atomic E-state index is 12.4. The second-order valence-electron chi connectivity index (χ2n) is 8.42. The average Bonchev–Trinajstić information content (AvgIpc) is 3.39. The number of aromatic nitrogens is 1. The fourth-order valence-corrected chi connectivity index (χ4v) is 4.25. The van der Waals surface area contributed by atoms with Crippen LogP contribution in [0.4, 0.5) is 0 Å². The van der Waals surface area contributed by atoms with Gasteiger partial charge in [0.15, 0.2) is 5.96 Å². The summed E-state index contributed by atoms with van der Waals surface area (Å²) in [6.45, 7) is 5.92. The van der Waals surface area contributed by atoms with E-state index in [9.17, 15) is 4.79 Å². The van der Waals surface area contributed by atoms with Gasteiger partial charge in [-0.15, -0.1) is 0 Å². The third-order valence-electron chi connectivity index (χ3n) is 5.93. The molecular formula is C26H33N5O. The molecule has 1 aliphatic heterocycles. The Labute approximate surface area is 190 Å². The number of nitrogens with zero attached hydrogens (tertiary/aromatic N) is 2. The Morgan fingerprint density at radius 3 is 2.72 bits per heavy atom. The lowest BCUT2D eigenvalue weighted by Crippen LogP contribution is -2.38. The molecule has 1 amide bonds. The quantitative estimate of drug-likeness (QED) is 0.359. The molecule has 2 heterocycles. The van der Waals surface area contributed by atoms with Crippen LogP contribution in [0.5, 0.6) is 0 Å². The Hall–Kier alpha value is -3.28. The lowest BCUT2D eigenvalue weighted by molar-refractivity contribution is -0.127. The first-order valence-corrected chi connectivity index (χ1v) is 11.6. The minimum Gasteiger partial charge on any atom is -0.358 e. The normalized spacial score (nSPS) is 16.7. The number of amides is 1. The van der Waals surface area contributed by atoms with Crippen molar-refractivity contribution < 1.29 is 4.79 Å². The number of carbonyl (C=O) groups excluding carboxylic acids is 1. The highest BCUT2D eigenvalue weighted by molar-refractivity contribution is 5.81. The molecule has 1 unspecified atom stereocenters. The minimum atomic E-state index is 0.248. The molecule has 0 bridgehead atoms. The summed E-state index contributed by atoms with van der Waals surface area (Å²) in [5, 5.41) is 7.99. The number of fused-ring (bicyclic) bond motifs is 1. The molecule has 168 valence electrons. The summed E-state index contributed by atoms with van der Waals surface area (Å²) in [7, 11) is 0. The summed E-state index contributed by atoms with van der Waals surface area (Å²) in [6.07, 6.45) is 2.39. The molecule has 4 rings (SSSR count). The van der Waals surface area contributed by atoms with Gasteiger partial charge in [0, 0.05) is 62.7 Å². The van der Waals surface area contributed by atoms with Crippen molar-refractivity contribution in [1.82, 2.24) is 20.5 Å². The molecule has 0 aliphatic carbocycles. The highest BCUT2D eigenvalue weighted by Crippen LogP contribution is 2.19. The van der Waals surface area contributed by atoms with Crippen LogP contribution in [0.1, 0.15) is 24.6 Å². The summed E-state index contributed by atoms with van der Waals surface area (Å²) < 4.78 is 0. The van der Waals surface area contributed by atoms with Gasteiger partial charge in [-0.25, -0.2) is 0 Å². The van der Waals surface area contributed by atoms with Crippen LogP contribution < -0.4 is 10.6 Å². The molecule has 0 radical (unpaired) electrons. The molecular weight excluding hydrogens is 398 g/mol. The van der Waals surface area contributed by atoms with Crippen LogP contribution in [0.3, 0.4) is 0 Å². The highest BCUT2D eigenvalue weighted by Gasteiger charge is 2.29. The van der Waals surface area contributed by atoms with Crippen molar-refractivity contribution in [2.45, 2.75) is 26.2 Å². The van der Waals surface area contributed by atoms with Gasteiger partial charge in [-0.05, 0) is 36.4 Å². The standard InChI is InChI=1S/C26H33N5O/c1-2-27-26(28-14-12-23-17-22-10-6-7-11-24(22)30-23)29-18-21-16-25(32)31(19-21)15-13-20-8-4-3-5-9-20/h3-11,17,21,30H,2,12-16,18-19H2,1H3,(H2,27,28,29). The number of aromatic amines is 1. The number of H-pyrrole nitrogens is 1. The molecule has 1 aromatic heterocycles. The van der Waals surface area contributed by atoms with Crippen molar-refractivity contribution in [3.05, 3.63) is 71.9 Å². The van der Waals surface area contributed by atoms with E-state index in [-0.39, 0.29) is 11.8 Å². The molecule has 1 aliphatic rings. The maximum Gasteiger partial charge on any atom is 0.223 e. The van der Waals surface area contributed by atoms with Crippen LogP contribution in [0, 0.1) is 5.92 Å². The van der Waals surface area contributed by atoms with E-state index < -0.39 is 0 Å². The van der Waals surface area contributed by atoms with Gasteiger partial charge in [-0.2, -0.15) is 0 Å². The van der Waals surface area contributed by atoms with Gasteiger partial charge >= 0.3 is 0 Å². The Kier molecular flexibility index (Phi) is 7.43. The summed E-state index contributed by atoms with van der Waals surface area (Å²) in [5.41, 5.74) is 3.66. The first kappa shape index (κ1) is 21.9. The van der Waals surface area contributed by atoms with Gasteiger partial charge < -0.3 is 20.5 Å². The van der Waals surface area contributed by atoms with Gasteiger partial charge in [0.2, 0.25) is 5.91 Å². The lowest BCUT2D eigenvalue weighted by atomic mass is 10.1. The highest BCUT2D eigenvalue weighted by atomic mass is 16.2. The Balaban J connectivity index is 1.24. The summed E-state index contributed by atoms with van der Waals surface area (Å²) in [5.74, 6) is 1.35. The van der Waals surface area contributed by atoms with Crippen molar-refractivity contribution in [3.63, 3.8) is 0 Å². The van der Waals surface area contributed by atoms with Crippen molar-refractivity contribution in [1.29, 1.82) is 0 Å². The SMILES string of the molecule is CCNC(=NCC1CC(=O)N(CCc2ccccc2)C1)NCCc1cc2ccccc2[nH]1. The summed E-state index contributed by atoms with van der Waals surface area (Å²) >= 11 is 0. The van der Waals surface area contributed by atoms with E-state index in [4.69, 9.17) is 4.99 Å². The van der Waals surface area contributed by atoms with Crippen LogP contribution in [-0.2, 0) is 17.6 Å². The van der Waals surface area contributed by atoms with Crippen LogP contribution in [0.2, 0.25) is 0 Å². The fraction of sp³-hybridized carbons (Fsp3) is 0.385. The van der Waals surface area contributed by atoms with Crippen LogP contribution >= 0.6 is 0 Å². The third kappa shape index (κ3) is 5.90. The smallest absolute Gasteiger partial charge is 0.223 e. The number of guanidine groups is 1. The van der Waals surface area contributed by atoms with E-state index in [1.54, 1.807) is 0 Å². The molecule has 0 spiro atoms. The maximum absolute atomic E-state index is 12.4. The minimum absolute atomic E-state index is 0.248. The van der Waals surface area contributed by atoms with E-state index in [0.717, 1.165) is 45.0 Å². The van der Waals surface area contributed by atoms with Gasteiger partial charge in [0.25, 0.3) is 0 Å². The molecule has 1 saturated heterocycles. The number of hydrogen-bond donors (Lipinski definition) is 3. The van der Waals surface area contributed by atoms with Crippen LogP contribution in [0.25, 0.3) is 10.9 Å². The Morgan fingerprint density at radius 1 is 1.09 bits per heavy atom. The van der Waals surface area contributed by atoms with Gasteiger partial charge in [-0.3, -0.25) is 9.79 Å². The van der Waals surface area contributed by atoms with Crippen molar-refractivity contribution >= 4 is 22.8 Å². The molecule has 6 heteroatoms. The number of carbonyl (C=O) groups is 1. The molecule has 2 aromatic carbocycles. The zero-order valence-electron chi connectivity index (χ0n) is 18.8. The van der Waals surface area contributed by atoms with E-state index in [2.05, 4.69) is 58.9 Å². The topological polar surface area (TPSA) is 72.5 Å². The average molecular weight is 432 g/mol. The van der Waals surface area contributed by atoms with Crippen LogP contribution in [-0.4, -0.2) is 54.5 Å². The molecule has 32 heavy (non-hydrogen) atoms. The predicted molar refractivity (Wildman–Crippen MR) is 131 cm³/mol. The Bertz CT molecular complexity index is 1010. The predicted octanol–water partition coefficient (Wildman–Crippen LogP) is 3.36. The summed E-state index contributed by atoms with van der Waals surface area (Å²) in [6, 6.07) is 20.9. The number of rotatable bonds is 9. The summed E-state index contributed by atoms with van der Waals surface area (Å²) in [4.78, 5) is 22.6. The van der Waals surface area contributed by atoms with Crippen molar-refractivity contribution in [2.24, 2.45) is 10.9 Å². The first-order chi connectivity index (χ1) is 15.7. The third-order valence-corrected chi connectivity index (χ3v) is 5.93. The number of hydrogen-bond acceptors (Lipinski definition) is 2. The molecule has 3 aromatic rings. The number of aliphatic imine (C=N–C) groups is 1. The van der Waals surface area contributed by atoms with E-state index in [1.165, 1.54) is 22.2 Å². The number of benzene rings is 2. The van der Waals surface area contributed by atoms with Crippen molar-refractivity contribution in [3.8, 4) is 0 Å². The van der Waals surface area contributed by atoms with Crippen LogP contribution in [0.15, 0.2) is 65.7 Å². The van der Waals surface area contributed by atoms with Gasteiger partial charge in [-0.1, -0.05) is 48.5 Å². The second-order valence-corrected chi connectivity index (χ2v) is 8.42. The fourth-order valence-electron chi connectivity index (χ4n) is 4.25. The lowest BCUT2D eigenvalue weighted by Gasteiger charge is -2.16. The second kappa shape index (κ2) is 10.8. The Morgan fingerprint density at radius 2 is 1.91 bits per heavy atom. The van der Waals surface area contributed by atoms with E-state index in [1.807, 2.05) is 29.2 Å².